The summed E-state index contributed by atoms with van der Waals surface area (Å²) in [6, 6.07) is 6.36. The van der Waals surface area contributed by atoms with Crippen molar-refractivity contribution in [3.05, 3.63) is 42.2 Å². The van der Waals surface area contributed by atoms with Gasteiger partial charge in [-0.05, 0) is 19.1 Å². The van der Waals surface area contributed by atoms with Gasteiger partial charge < -0.3 is 10.1 Å². The lowest BCUT2D eigenvalue weighted by atomic mass is 10.3. The molecular weight excluding hydrogens is 209 g/mol. The van der Waals surface area contributed by atoms with Crippen LogP contribution in [0.5, 0.6) is 0 Å². The molecule has 0 spiro atoms. The van der Waals surface area contributed by atoms with Gasteiger partial charge in [0.1, 0.15) is 5.82 Å². The van der Waals surface area contributed by atoms with Gasteiger partial charge in [0.2, 0.25) is 0 Å². The summed E-state index contributed by atoms with van der Waals surface area (Å²) in [4.78, 5) is 10.9. The minimum atomic E-state index is -0.391. The number of esters is 1. The fourth-order valence-electron chi connectivity index (χ4n) is 1.12. The molecule has 0 saturated heterocycles. The predicted molar refractivity (Wildman–Crippen MR) is 60.7 cm³/mol. The van der Waals surface area contributed by atoms with Crippen LogP contribution in [0.15, 0.2) is 36.4 Å². The Kier molecular flexibility index (Phi) is 5.05. The van der Waals surface area contributed by atoms with Crippen molar-refractivity contribution >= 4 is 11.7 Å². The zero-order valence-electron chi connectivity index (χ0n) is 9.07. The molecule has 1 aromatic rings. The molecule has 0 aliphatic heterocycles. The van der Waals surface area contributed by atoms with Gasteiger partial charge in [0, 0.05) is 12.6 Å². The Hall–Kier alpha value is -1.84. The number of anilines is 1. The standard InChI is InChI=1S/C12H14FNO2/c1-2-16-12(15)8-5-9-14-11-7-4-3-6-10(11)13/h3-8,14H,2,9H2,1H3/b8-5+. The lowest BCUT2D eigenvalue weighted by Gasteiger charge is -2.03. The average molecular weight is 223 g/mol. The van der Waals surface area contributed by atoms with E-state index in [0.717, 1.165) is 0 Å². The van der Waals surface area contributed by atoms with Crippen LogP contribution in [0, 0.1) is 5.82 Å². The van der Waals surface area contributed by atoms with Gasteiger partial charge in [0.15, 0.2) is 0 Å². The molecule has 86 valence electrons. The maximum absolute atomic E-state index is 13.1. The summed E-state index contributed by atoms with van der Waals surface area (Å²) >= 11 is 0. The smallest absolute Gasteiger partial charge is 0.330 e. The summed E-state index contributed by atoms with van der Waals surface area (Å²) < 4.78 is 17.8. The van der Waals surface area contributed by atoms with Crippen LogP contribution in [0.25, 0.3) is 0 Å². The highest BCUT2D eigenvalue weighted by molar-refractivity contribution is 5.81. The molecule has 0 heterocycles. The minimum absolute atomic E-state index is 0.313. The molecule has 1 N–H and O–H groups in total. The molecule has 0 saturated carbocycles. The zero-order valence-corrected chi connectivity index (χ0v) is 9.07. The van der Waals surface area contributed by atoms with Crippen molar-refractivity contribution in [2.45, 2.75) is 6.92 Å². The van der Waals surface area contributed by atoms with E-state index in [4.69, 9.17) is 4.74 Å². The lowest BCUT2D eigenvalue weighted by Crippen LogP contribution is -2.03. The molecule has 16 heavy (non-hydrogen) atoms. The number of rotatable bonds is 5. The van der Waals surface area contributed by atoms with Gasteiger partial charge in [-0.25, -0.2) is 9.18 Å². The van der Waals surface area contributed by atoms with Crippen molar-refractivity contribution < 1.29 is 13.9 Å². The zero-order chi connectivity index (χ0) is 11.8. The molecule has 0 radical (unpaired) electrons. The summed E-state index contributed by atoms with van der Waals surface area (Å²) in [7, 11) is 0. The Balaban J connectivity index is 2.36. The van der Waals surface area contributed by atoms with Crippen molar-refractivity contribution in [1.29, 1.82) is 0 Å². The fourth-order valence-corrected chi connectivity index (χ4v) is 1.12. The lowest BCUT2D eigenvalue weighted by molar-refractivity contribution is -0.137. The number of carbonyl (C=O) groups is 1. The molecule has 4 heteroatoms. The molecule has 1 rings (SSSR count). The first-order chi connectivity index (χ1) is 7.74. The third-order valence-electron chi connectivity index (χ3n) is 1.82. The Morgan fingerprint density at radius 3 is 2.94 bits per heavy atom. The third-order valence-corrected chi connectivity index (χ3v) is 1.82. The number of hydrogen-bond acceptors (Lipinski definition) is 3. The number of para-hydroxylation sites is 1. The van der Waals surface area contributed by atoms with E-state index in [2.05, 4.69) is 5.32 Å². The van der Waals surface area contributed by atoms with Gasteiger partial charge in [-0.3, -0.25) is 0 Å². The highest BCUT2D eigenvalue weighted by atomic mass is 19.1. The van der Waals surface area contributed by atoms with Crippen molar-refractivity contribution in [3.8, 4) is 0 Å². The number of benzene rings is 1. The second kappa shape index (κ2) is 6.61. The van der Waals surface area contributed by atoms with Gasteiger partial charge in [-0.2, -0.15) is 0 Å². The van der Waals surface area contributed by atoms with Crippen molar-refractivity contribution in [2.75, 3.05) is 18.5 Å². The highest BCUT2D eigenvalue weighted by Gasteiger charge is 1.97. The van der Waals surface area contributed by atoms with E-state index in [1.165, 1.54) is 12.1 Å². The molecule has 0 aliphatic rings. The van der Waals surface area contributed by atoms with E-state index in [9.17, 15) is 9.18 Å². The summed E-state index contributed by atoms with van der Waals surface area (Å²) in [5, 5.41) is 2.84. The number of halogens is 1. The average Bonchev–Trinajstić information content (AvgIpc) is 2.27. The van der Waals surface area contributed by atoms with Crippen molar-refractivity contribution in [2.24, 2.45) is 0 Å². The number of hydrogen-bond donors (Lipinski definition) is 1. The third kappa shape index (κ3) is 4.13. The van der Waals surface area contributed by atoms with Gasteiger partial charge in [0.25, 0.3) is 0 Å². The van der Waals surface area contributed by atoms with E-state index in [-0.39, 0.29) is 5.82 Å². The van der Waals surface area contributed by atoms with Crippen LogP contribution in [0.3, 0.4) is 0 Å². The van der Waals surface area contributed by atoms with Crippen molar-refractivity contribution in [3.63, 3.8) is 0 Å². The Morgan fingerprint density at radius 1 is 1.50 bits per heavy atom. The van der Waals surface area contributed by atoms with Crippen LogP contribution in [-0.2, 0) is 9.53 Å². The van der Waals surface area contributed by atoms with Crippen LogP contribution in [-0.4, -0.2) is 19.1 Å². The molecule has 1 aromatic carbocycles. The van der Waals surface area contributed by atoms with E-state index in [1.54, 1.807) is 31.2 Å². The monoisotopic (exact) mass is 223 g/mol. The molecule has 0 aromatic heterocycles. The minimum Gasteiger partial charge on any atom is -0.463 e. The molecule has 0 atom stereocenters. The maximum Gasteiger partial charge on any atom is 0.330 e. The van der Waals surface area contributed by atoms with Crippen LogP contribution in [0.2, 0.25) is 0 Å². The van der Waals surface area contributed by atoms with Gasteiger partial charge >= 0.3 is 5.97 Å². The summed E-state index contributed by atoms with van der Waals surface area (Å²) in [6.07, 6.45) is 2.90. The first kappa shape index (κ1) is 12.2. The van der Waals surface area contributed by atoms with E-state index < -0.39 is 5.97 Å². The van der Waals surface area contributed by atoms with E-state index >= 15 is 0 Å². The highest BCUT2D eigenvalue weighted by Crippen LogP contribution is 2.11. The number of carbonyl (C=O) groups excluding carboxylic acids is 1. The molecule has 0 unspecified atom stereocenters. The van der Waals surface area contributed by atoms with Crippen molar-refractivity contribution in [1.82, 2.24) is 0 Å². The Labute approximate surface area is 93.9 Å². The van der Waals surface area contributed by atoms with Crippen LogP contribution in [0.1, 0.15) is 6.92 Å². The first-order valence-electron chi connectivity index (χ1n) is 5.05. The normalized spacial score (nSPS) is 10.4. The second-order valence-corrected chi connectivity index (χ2v) is 3.02. The summed E-state index contributed by atoms with van der Waals surface area (Å²) in [5.74, 6) is -0.704. The molecule has 0 bridgehead atoms. The molecule has 3 nitrogen and oxygen atoms in total. The second-order valence-electron chi connectivity index (χ2n) is 3.02. The van der Waals surface area contributed by atoms with Gasteiger partial charge in [0.05, 0.1) is 12.3 Å². The Morgan fingerprint density at radius 2 is 2.25 bits per heavy atom. The summed E-state index contributed by atoms with van der Waals surface area (Å²) in [6.45, 7) is 2.47. The largest absolute Gasteiger partial charge is 0.463 e. The quantitative estimate of drug-likeness (QED) is 0.615. The van der Waals surface area contributed by atoms with Crippen LogP contribution in [0.4, 0.5) is 10.1 Å². The molecule has 0 amide bonds. The predicted octanol–water partition coefficient (Wildman–Crippen LogP) is 2.36. The van der Waals surface area contributed by atoms with Gasteiger partial charge in [-0.15, -0.1) is 0 Å². The Bertz CT molecular complexity index is 377. The van der Waals surface area contributed by atoms with Crippen LogP contribution < -0.4 is 5.32 Å². The summed E-state index contributed by atoms with van der Waals surface area (Å²) in [5.41, 5.74) is 0.413. The number of nitrogens with one attached hydrogen (secondary N) is 1. The topological polar surface area (TPSA) is 38.3 Å². The molecule has 0 fully saturated rings. The van der Waals surface area contributed by atoms with Crippen LogP contribution >= 0.6 is 0 Å². The number of ether oxygens (including phenoxy) is 1. The first-order valence-corrected chi connectivity index (χ1v) is 5.05. The molecule has 0 aliphatic carbocycles. The molecular formula is C12H14FNO2. The SMILES string of the molecule is CCOC(=O)/C=C/CNc1ccccc1F. The van der Waals surface area contributed by atoms with E-state index in [0.29, 0.717) is 18.8 Å². The maximum atomic E-state index is 13.1. The van der Waals surface area contributed by atoms with Gasteiger partial charge in [-0.1, -0.05) is 18.2 Å². The van der Waals surface area contributed by atoms with E-state index in [1.807, 2.05) is 0 Å². The fraction of sp³-hybridized carbons (Fsp3) is 0.250.